The van der Waals surface area contributed by atoms with Gasteiger partial charge in [-0.2, -0.15) is 0 Å². The lowest BCUT2D eigenvalue weighted by Gasteiger charge is -2.07. The average molecular weight is 276 g/mol. The molecule has 0 aliphatic heterocycles. The summed E-state index contributed by atoms with van der Waals surface area (Å²) in [6, 6.07) is 14.8. The van der Waals surface area contributed by atoms with Crippen LogP contribution in [-0.2, 0) is 11.3 Å². The van der Waals surface area contributed by atoms with E-state index in [4.69, 9.17) is 11.6 Å². The van der Waals surface area contributed by atoms with Crippen LogP contribution in [-0.4, -0.2) is 13.1 Å². The predicted octanol–water partition coefficient (Wildman–Crippen LogP) is 3.74. The van der Waals surface area contributed by atoms with Gasteiger partial charge in [-0.05, 0) is 35.9 Å². The van der Waals surface area contributed by atoms with Gasteiger partial charge in [0.25, 0.3) is 0 Å². The standard InChI is InChI=1S/C15H14ClNO2/c1-19-15(18)12-7-5-11(6-8-12)10-17-14-4-2-3-13(16)9-14/h2-9,17H,10H2,1H3. The molecule has 0 aromatic heterocycles. The first kappa shape index (κ1) is 13.4. The number of halogens is 1. The van der Waals surface area contributed by atoms with Crippen LogP contribution in [0.25, 0.3) is 0 Å². The summed E-state index contributed by atoms with van der Waals surface area (Å²) in [6.45, 7) is 0.668. The molecule has 0 saturated heterocycles. The van der Waals surface area contributed by atoms with Crippen molar-refractivity contribution < 1.29 is 9.53 Å². The summed E-state index contributed by atoms with van der Waals surface area (Å²) >= 11 is 5.91. The molecule has 0 fully saturated rings. The summed E-state index contributed by atoms with van der Waals surface area (Å²) < 4.78 is 4.65. The normalized spacial score (nSPS) is 10.0. The number of nitrogens with one attached hydrogen (secondary N) is 1. The first-order chi connectivity index (χ1) is 9.19. The number of esters is 1. The molecule has 2 aromatic rings. The Morgan fingerprint density at radius 2 is 1.95 bits per heavy atom. The third-order valence-electron chi connectivity index (χ3n) is 2.70. The number of rotatable bonds is 4. The quantitative estimate of drug-likeness (QED) is 0.864. The Morgan fingerprint density at radius 3 is 2.58 bits per heavy atom. The molecule has 0 heterocycles. The van der Waals surface area contributed by atoms with Gasteiger partial charge in [-0.25, -0.2) is 4.79 Å². The highest BCUT2D eigenvalue weighted by molar-refractivity contribution is 6.30. The van der Waals surface area contributed by atoms with E-state index in [0.717, 1.165) is 11.3 Å². The van der Waals surface area contributed by atoms with E-state index in [-0.39, 0.29) is 5.97 Å². The van der Waals surface area contributed by atoms with Crippen LogP contribution in [0.5, 0.6) is 0 Å². The SMILES string of the molecule is COC(=O)c1ccc(CNc2cccc(Cl)c2)cc1. The molecule has 3 nitrogen and oxygen atoms in total. The average Bonchev–Trinajstić information content (AvgIpc) is 2.45. The number of benzene rings is 2. The molecule has 0 unspecified atom stereocenters. The molecule has 0 saturated carbocycles. The Balaban J connectivity index is 1.98. The van der Waals surface area contributed by atoms with Crippen LogP contribution < -0.4 is 5.32 Å². The first-order valence-electron chi connectivity index (χ1n) is 5.86. The molecule has 2 rings (SSSR count). The summed E-state index contributed by atoms with van der Waals surface area (Å²) in [7, 11) is 1.37. The van der Waals surface area contributed by atoms with Crippen LogP contribution >= 0.6 is 11.6 Å². The van der Waals surface area contributed by atoms with Crippen LogP contribution in [0.4, 0.5) is 5.69 Å². The lowest BCUT2D eigenvalue weighted by Crippen LogP contribution is -2.03. The van der Waals surface area contributed by atoms with E-state index in [9.17, 15) is 4.79 Å². The zero-order valence-electron chi connectivity index (χ0n) is 10.5. The molecule has 0 spiro atoms. The Bertz CT molecular complexity index is 567. The smallest absolute Gasteiger partial charge is 0.337 e. The van der Waals surface area contributed by atoms with E-state index in [1.807, 2.05) is 36.4 Å². The molecule has 0 aliphatic rings. The van der Waals surface area contributed by atoms with Crippen molar-refractivity contribution in [3.63, 3.8) is 0 Å². The van der Waals surface area contributed by atoms with E-state index >= 15 is 0 Å². The summed E-state index contributed by atoms with van der Waals surface area (Å²) in [5.74, 6) is -0.325. The van der Waals surface area contributed by atoms with Crippen molar-refractivity contribution in [1.82, 2.24) is 0 Å². The van der Waals surface area contributed by atoms with Crippen molar-refractivity contribution in [3.05, 3.63) is 64.7 Å². The fraction of sp³-hybridized carbons (Fsp3) is 0.133. The second-order valence-electron chi connectivity index (χ2n) is 4.05. The van der Waals surface area contributed by atoms with Gasteiger partial charge in [0.1, 0.15) is 0 Å². The number of anilines is 1. The highest BCUT2D eigenvalue weighted by Crippen LogP contribution is 2.16. The molecular formula is C15H14ClNO2. The number of hydrogen-bond donors (Lipinski definition) is 1. The van der Waals surface area contributed by atoms with Crippen molar-refractivity contribution in [2.75, 3.05) is 12.4 Å². The fourth-order valence-electron chi connectivity index (χ4n) is 1.68. The minimum atomic E-state index is -0.325. The molecule has 4 heteroatoms. The van der Waals surface area contributed by atoms with E-state index in [1.165, 1.54) is 7.11 Å². The van der Waals surface area contributed by atoms with Gasteiger partial charge in [-0.15, -0.1) is 0 Å². The number of hydrogen-bond acceptors (Lipinski definition) is 3. The van der Waals surface area contributed by atoms with Crippen molar-refractivity contribution >= 4 is 23.3 Å². The highest BCUT2D eigenvalue weighted by Gasteiger charge is 2.04. The topological polar surface area (TPSA) is 38.3 Å². The predicted molar refractivity (Wildman–Crippen MR) is 76.6 cm³/mol. The number of ether oxygens (including phenoxy) is 1. The van der Waals surface area contributed by atoms with Gasteiger partial charge in [-0.3, -0.25) is 0 Å². The van der Waals surface area contributed by atoms with Gasteiger partial charge in [0.2, 0.25) is 0 Å². The van der Waals surface area contributed by atoms with Gasteiger partial charge in [0, 0.05) is 17.3 Å². The largest absolute Gasteiger partial charge is 0.465 e. The monoisotopic (exact) mass is 275 g/mol. The first-order valence-corrected chi connectivity index (χ1v) is 6.23. The Morgan fingerprint density at radius 1 is 1.21 bits per heavy atom. The summed E-state index contributed by atoms with van der Waals surface area (Å²) in [5, 5.41) is 3.96. The lowest BCUT2D eigenvalue weighted by molar-refractivity contribution is 0.0600. The maximum absolute atomic E-state index is 11.3. The van der Waals surface area contributed by atoms with Crippen LogP contribution in [0.2, 0.25) is 5.02 Å². The van der Waals surface area contributed by atoms with Crippen molar-refractivity contribution in [3.8, 4) is 0 Å². The third kappa shape index (κ3) is 3.73. The third-order valence-corrected chi connectivity index (χ3v) is 2.93. The van der Waals surface area contributed by atoms with E-state index in [2.05, 4.69) is 10.1 Å². The molecule has 0 radical (unpaired) electrons. The minimum Gasteiger partial charge on any atom is -0.465 e. The second kappa shape index (κ2) is 6.25. The van der Waals surface area contributed by atoms with Crippen LogP contribution in [0.1, 0.15) is 15.9 Å². The lowest BCUT2D eigenvalue weighted by atomic mass is 10.1. The van der Waals surface area contributed by atoms with E-state index in [1.54, 1.807) is 12.1 Å². The van der Waals surface area contributed by atoms with Gasteiger partial charge >= 0.3 is 5.97 Å². The van der Waals surface area contributed by atoms with Gasteiger partial charge in [-0.1, -0.05) is 29.8 Å². The molecule has 0 aliphatic carbocycles. The van der Waals surface area contributed by atoms with Crippen molar-refractivity contribution in [1.29, 1.82) is 0 Å². The van der Waals surface area contributed by atoms with Gasteiger partial charge in [0.15, 0.2) is 0 Å². The molecule has 19 heavy (non-hydrogen) atoms. The van der Waals surface area contributed by atoms with Crippen molar-refractivity contribution in [2.24, 2.45) is 0 Å². The zero-order chi connectivity index (χ0) is 13.7. The molecule has 2 aromatic carbocycles. The van der Waals surface area contributed by atoms with E-state index in [0.29, 0.717) is 17.1 Å². The van der Waals surface area contributed by atoms with Crippen LogP contribution in [0.15, 0.2) is 48.5 Å². The molecule has 0 atom stereocenters. The molecule has 0 amide bonds. The van der Waals surface area contributed by atoms with Crippen molar-refractivity contribution in [2.45, 2.75) is 6.54 Å². The Hall–Kier alpha value is -2.00. The molecule has 98 valence electrons. The minimum absolute atomic E-state index is 0.325. The Labute approximate surface area is 117 Å². The maximum Gasteiger partial charge on any atom is 0.337 e. The highest BCUT2D eigenvalue weighted by atomic mass is 35.5. The zero-order valence-corrected chi connectivity index (χ0v) is 11.3. The van der Waals surface area contributed by atoms with Crippen LogP contribution in [0, 0.1) is 0 Å². The molecule has 0 bridgehead atoms. The maximum atomic E-state index is 11.3. The fourth-order valence-corrected chi connectivity index (χ4v) is 1.87. The summed E-state index contributed by atoms with van der Waals surface area (Å²) in [4.78, 5) is 11.3. The second-order valence-corrected chi connectivity index (χ2v) is 4.49. The number of methoxy groups -OCH3 is 1. The van der Waals surface area contributed by atoms with E-state index < -0.39 is 0 Å². The molecule has 1 N–H and O–H groups in total. The summed E-state index contributed by atoms with van der Waals surface area (Å²) in [6.07, 6.45) is 0. The number of carbonyl (C=O) groups is 1. The Kier molecular flexibility index (Phi) is 4.42. The molecular weight excluding hydrogens is 262 g/mol. The van der Waals surface area contributed by atoms with Gasteiger partial charge in [0.05, 0.1) is 12.7 Å². The summed E-state index contributed by atoms with van der Waals surface area (Å²) in [5.41, 5.74) is 2.59. The van der Waals surface area contributed by atoms with Gasteiger partial charge < -0.3 is 10.1 Å². The number of carbonyl (C=O) groups excluding carboxylic acids is 1. The van der Waals surface area contributed by atoms with Crippen LogP contribution in [0.3, 0.4) is 0 Å².